The molecule has 0 bridgehead atoms. The van der Waals surface area contributed by atoms with Crippen LogP contribution in [0.5, 0.6) is 0 Å². The predicted octanol–water partition coefficient (Wildman–Crippen LogP) is 4.58. The van der Waals surface area contributed by atoms with Gasteiger partial charge in [-0.2, -0.15) is 0 Å². The molecule has 5 heteroatoms. The first kappa shape index (κ1) is 14.1. The Hall–Kier alpha value is -1.33. The molecule has 0 atom stereocenters. The number of rotatable bonds is 4. The summed E-state index contributed by atoms with van der Waals surface area (Å²) in [4.78, 5) is 11.6. The van der Waals surface area contributed by atoms with Gasteiger partial charge in [-0.05, 0) is 35.9 Å². The van der Waals surface area contributed by atoms with E-state index in [4.69, 9.17) is 5.11 Å². The van der Waals surface area contributed by atoms with Crippen molar-refractivity contribution in [2.75, 3.05) is 0 Å². The van der Waals surface area contributed by atoms with Gasteiger partial charge in [-0.3, -0.25) is 0 Å². The van der Waals surface area contributed by atoms with Crippen molar-refractivity contribution in [3.8, 4) is 0 Å². The lowest BCUT2D eigenvalue weighted by Gasteiger charge is -2.04. The smallest absolute Gasteiger partial charge is 0.338 e. The summed E-state index contributed by atoms with van der Waals surface area (Å²) >= 11 is 4.84. The number of carboxylic acids is 1. The second-order valence-corrected chi connectivity index (χ2v) is 5.83. The number of benzene rings is 2. The van der Waals surface area contributed by atoms with Crippen LogP contribution in [-0.2, 0) is 5.75 Å². The third-order valence-corrected chi connectivity index (χ3v) is 4.08. The van der Waals surface area contributed by atoms with Crippen LogP contribution in [0.3, 0.4) is 0 Å². The van der Waals surface area contributed by atoms with Gasteiger partial charge in [-0.15, -0.1) is 11.8 Å². The van der Waals surface area contributed by atoms with Crippen molar-refractivity contribution in [2.45, 2.75) is 10.6 Å². The molecule has 0 aromatic heterocycles. The van der Waals surface area contributed by atoms with E-state index in [0.29, 0.717) is 5.75 Å². The van der Waals surface area contributed by atoms with Gasteiger partial charge in [-0.1, -0.05) is 28.1 Å². The molecule has 98 valence electrons. The summed E-state index contributed by atoms with van der Waals surface area (Å²) in [5.74, 6) is -1.25. The van der Waals surface area contributed by atoms with Crippen molar-refractivity contribution in [3.05, 3.63) is 63.9 Å². The van der Waals surface area contributed by atoms with Crippen molar-refractivity contribution in [1.82, 2.24) is 0 Å². The van der Waals surface area contributed by atoms with E-state index in [1.165, 1.54) is 23.9 Å². The molecule has 0 spiro atoms. The largest absolute Gasteiger partial charge is 0.478 e. The van der Waals surface area contributed by atoms with E-state index in [1.807, 2.05) is 24.3 Å². The van der Waals surface area contributed by atoms with E-state index >= 15 is 0 Å². The molecule has 0 amide bonds. The van der Waals surface area contributed by atoms with Crippen LogP contribution in [0.1, 0.15) is 15.9 Å². The minimum atomic E-state index is -1.25. The van der Waals surface area contributed by atoms with Crippen molar-refractivity contribution < 1.29 is 14.3 Å². The summed E-state index contributed by atoms with van der Waals surface area (Å²) < 4.78 is 14.2. The highest BCUT2D eigenvalue weighted by atomic mass is 79.9. The van der Waals surface area contributed by atoms with E-state index in [1.54, 1.807) is 6.07 Å². The van der Waals surface area contributed by atoms with Gasteiger partial charge in [-0.25, -0.2) is 9.18 Å². The maximum atomic E-state index is 13.2. The normalized spacial score (nSPS) is 10.4. The molecule has 0 heterocycles. The summed E-state index contributed by atoms with van der Waals surface area (Å²) in [6.45, 7) is 0. The van der Waals surface area contributed by atoms with Gasteiger partial charge in [0.25, 0.3) is 0 Å². The van der Waals surface area contributed by atoms with Crippen molar-refractivity contribution in [2.24, 2.45) is 0 Å². The van der Waals surface area contributed by atoms with Gasteiger partial charge < -0.3 is 5.11 Å². The van der Waals surface area contributed by atoms with Gasteiger partial charge in [0.05, 0.1) is 5.56 Å². The first-order valence-electron chi connectivity index (χ1n) is 5.46. The van der Waals surface area contributed by atoms with Gasteiger partial charge >= 0.3 is 5.97 Å². The Morgan fingerprint density at radius 2 is 1.89 bits per heavy atom. The van der Waals surface area contributed by atoms with E-state index in [-0.39, 0.29) is 5.56 Å². The molecule has 2 nitrogen and oxygen atoms in total. The molecule has 0 aliphatic carbocycles. The standard InChI is InChI=1S/C14H10BrFO2S/c15-10-3-1-9(2-4-10)8-19-11-5-6-13(16)12(7-11)14(17)18/h1-7H,8H2,(H,17,18). The average Bonchev–Trinajstić information content (AvgIpc) is 2.39. The molecular weight excluding hydrogens is 331 g/mol. The molecule has 0 fully saturated rings. The van der Waals surface area contributed by atoms with Crippen LogP contribution in [0, 0.1) is 5.82 Å². The van der Waals surface area contributed by atoms with Crippen LogP contribution in [0.25, 0.3) is 0 Å². The molecule has 0 saturated carbocycles. The van der Waals surface area contributed by atoms with Crippen LogP contribution < -0.4 is 0 Å². The maximum absolute atomic E-state index is 13.2. The third kappa shape index (κ3) is 3.81. The number of hydrogen-bond acceptors (Lipinski definition) is 2. The molecule has 0 saturated heterocycles. The predicted molar refractivity (Wildman–Crippen MR) is 77.1 cm³/mol. The number of thioether (sulfide) groups is 1. The lowest BCUT2D eigenvalue weighted by atomic mass is 10.2. The first-order valence-corrected chi connectivity index (χ1v) is 7.24. The number of hydrogen-bond donors (Lipinski definition) is 1. The van der Waals surface area contributed by atoms with Crippen LogP contribution in [0.15, 0.2) is 51.8 Å². The van der Waals surface area contributed by atoms with Gasteiger partial charge in [0, 0.05) is 15.1 Å². The fourth-order valence-corrected chi connectivity index (χ4v) is 2.66. The lowest BCUT2D eigenvalue weighted by molar-refractivity contribution is 0.0691. The van der Waals surface area contributed by atoms with Gasteiger partial charge in [0.15, 0.2) is 0 Å². The van der Waals surface area contributed by atoms with E-state index in [0.717, 1.165) is 14.9 Å². The monoisotopic (exact) mass is 340 g/mol. The summed E-state index contributed by atoms with van der Waals surface area (Å²) in [5.41, 5.74) is 0.829. The number of aromatic carboxylic acids is 1. The second kappa shape index (κ2) is 6.21. The Balaban J connectivity index is 2.09. The Labute approximate surface area is 122 Å². The molecule has 0 radical (unpaired) electrons. The molecule has 0 aliphatic heterocycles. The lowest BCUT2D eigenvalue weighted by Crippen LogP contribution is -2.00. The summed E-state index contributed by atoms with van der Waals surface area (Å²) in [7, 11) is 0. The highest BCUT2D eigenvalue weighted by Crippen LogP contribution is 2.25. The Kier molecular flexibility index (Phi) is 4.61. The molecule has 1 N–H and O–H groups in total. The zero-order valence-corrected chi connectivity index (χ0v) is 12.2. The van der Waals surface area contributed by atoms with Crippen molar-refractivity contribution in [3.63, 3.8) is 0 Å². The zero-order chi connectivity index (χ0) is 13.8. The van der Waals surface area contributed by atoms with E-state index in [2.05, 4.69) is 15.9 Å². The van der Waals surface area contributed by atoms with Crippen molar-refractivity contribution in [1.29, 1.82) is 0 Å². The summed E-state index contributed by atoms with van der Waals surface area (Å²) in [6, 6.07) is 12.0. The first-order chi connectivity index (χ1) is 9.06. The van der Waals surface area contributed by atoms with Crippen LogP contribution in [0.2, 0.25) is 0 Å². The van der Waals surface area contributed by atoms with Crippen LogP contribution in [0.4, 0.5) is 4.39 Å². The Morgan fingerprint density at radius 1 is 1.21 bits per heavy atom. The Bertz CT molecular complexity index is 599. The Morgan fingerprint density at radius 3 is 2.53 bits per heavy atom. The number of carboxylic acid groups (broad SMARTS) is 1. The minimum Gasteiger partial charge on any atom is -0.478 e. The van der Waals surface area contributed by atoms with E-state index in [9.17, 15) is 9.18 Å². The van der Waals surface area contributed by atoms with Gasteiger partial charge in [0.1, 0.15) is 5.82 Å². The average molecular weight is 341 g/mol. The summed E-state index contributed by atoms with van der Waals surface area (Å²) in [5, 5.41) is 8.85. The molecule has 2 aromatic rings. The SMILES string of the molecule is O=C(O)c1cc(SCc2ccc(Br)cc2)ccc1F. The van der Waals surface area contributed by atoms with Gasteiger partial charge in [0.2, 0.25) is 0 Å². The van der Waals surface area contributed by atoms with Crippen LogP contribution in [-0.4, -0.2) is 11.1 Å². The molecular formula is C14H10BrFO2S. The topological polar surface area (TPSA) is 37.3 Å². The highest BCUT2D eigenvalue weighted by Gasteiger charge is 2.10. The van der Waals surface area contributed by atoms with E-state index < -0.39 is 11.8 Å². The fraction of sp³-hybridized carbons (Fsp3) is 0.0714. The number of carbonyl (C=O) groups is 1. The molecule has 0 aliphatic rings. The maximum Gasteiger partial charge on any atom is 0.338 e. The number of halogens is 2. The zero-order valence-electron chi connectivity index (χ0n) is 9.77. The summed E-state index contributed by atoms with van der Waals surface area (Å²) in [6.07, 6.45) is 0. The fourth-order valence-electron chi connectivity index (χ4n) is 1.51. The quantitative estimate of drug-likeness (QED) is 0.827. The van der Waals surface area contributed by atoms with Crippen LogP contribution >= 0.6 is 27.7 Å². The molecule has 0 unspecified atom stereocenters. The minimum absolute atomic E-state index is 0.291. The second-order valence-electron chi connectivity index (χ2n) is 3.86. The van der Waals surface area contributed by atoms with Crippen molar-refractivity contribution >= 4 is 33.7 Å². The third-order valence-electron chi connectivity index (χ3n) is 2.49. The molecule has 2 aromatic carbocycles. The molecule has 19 heavy (non-hydrogen) atoms. The molecule has 2 rings (SSSR count). The highest BCUT2D eigenvalue weighted by molar-refractivity contribution is 9.10.